The quantitative estimate of drug-likeness (QED) is 0.359. The Morgan fingerprint density at radius 1 is 0.839 bits per heavy atom. The number of nitro groups is 1. The van der Waals surface area contributed by atoms with E-state index in [1.165, 1.54) is 17.0 Å². The number of non-ortho nitro benzene ring substituents is 1. The van der Waals surface area contributed by atoms with E-state index in [4.69, 9.17) is 0 Å². The van der Waals surface area contributed by atoms with Crippen LogP contribution in [0.3, 0.4) is 0 Å². The molecule has 3 aliphatic rings. The van der Waals surface area contributed by atoms with E-state index in [2.05, 4.69) is 6.08 Å². The largest absolute Gasteiger partial charge is 0.277 e. The molecule has 4 unspecified atom stereocenters. The topological polar surface area (TPSA) is 80.5 Å². The summed E-state index contributed by atoms with van der Waals surface area (Å²) in [6, 6.07) is 19.8. The molecule has 3 aromatic rings. The minimum Gasteiger partial charge on any atom is -0.274 e. The van der Waals surface area contributed by atoms with Gasteiger partial charge in [-0.2, -0.15) is 0 Å². The van der Waals surface area contributed by atoms with Crippen LogP contribution in [0.15, 0.2) is 72.8 Å². The van der Waals surface area contributed by atoms with Gasteiger partial charge in [-0.3, -0.25) is 19.7 Å². The minimum absolute atomic E-state index is 0.0307. The van der Waals surface area contributed by atoms with Gasteiger partial charge in [0.15, 0.2) is 0 Å². The second kappa shape index (κ2) is 6.35. The second-order valence-electron chi connectivity index (χ2n) is 8.46. The maximum Gasteiger partial charge on any atom is 0.277 e. The lowest BCUT2D eigenvalue weighted by molar-refractivity contribution is -0.383. The summed E-state index contributed by atoms with van der Waals surface area (Å²) in [6.45, 7) is 0. The summed E-state index contributed by atoms with van der Waals surface area (Å²) in [7, 11) is 0. The van der Waals surface area contributed by atoms with E-state index in [1.54, 1.807) is 24.3 Å². The molecular formula is C25H18N2O4. The maximum absolute atomic E-state index is 13.6. The van der Waals surface area contributed by atoms with Gasteiger partial charge in [-0.15, -0.1) is 0 Å². The molecule has 1 heterocycles. The fraction of sp³-hybridized carbons (Fsp3) is 0.200. The molecular weight excluding hydrogens is 392 g/mol. The molecule has 6 nitrogen and oxygen atoms in total. The van der Waals surface area contributed by atoms with Crippen LogP contribution in [0.5, 0.6) is 0 Å². The monoisotopic (exact) mass is 410 g/mol. The standard InChI is InChI=1S/C25H18N2O4/c28-24-22-15-12-18(14-6-2-1-3-7-14)19(13-15)23(22)25(29)26(24)20-10-11-21(27(30)31)17-9-5-4-8-16(17)20/h1-12,15,19,22-23H,13H2. The first-order valence-corrected chi connectivity index (χ1v) is 10.4. The Balaban J connectivity index is 1.44. The first-order chi connectivity index (χ1) is 15.1. The van der Waals surface area contributed by atoms with Gasteiger partial charge < -0.3 is 0 Å². The lowest BCUT2D eigenvalue weighted by Gasteiger charge is -2.22. The smallest absolute Gasteiger partial charge is 0.274 e. The number of hydrogen-bond acceptors (Lipinski definition) is 4. The highest BCUT2D eigenvalue weighted by Crippen LogP contribution is 2.58. The van der Waals surface area contributed by atoms with Gasteiger partial charge in [0, 0.05) is 11.5 Å². The summed E-state index contributed by atoms with van der Waals surface area (Å²) >= 11 is 0. The Morgan fingerprint density at radius 3 is 2.26 bits per heavy atom. The van der Waals surface area contributed by atoms with Crippen molar-refractivity contribution >= 4 is 39.5 Å². The first-order valence-electron chi connectivity index (χ1n) is 10.4. The van der Waals surface area contributed by atoms with Crippen molar-refractivity contribution in [3.05, 3.63) is 88.5 Å². The highest BCUT2D eigenvalue weighted by atomic mass is 16.6. The first kappa shape index (κ1) is 18.0. The summed E-state index contributed by atoms with van der Waals surface area (Å²) in [5, 5.41) is 12.4. The van der Waals surface area contributed by atoms with E-state index in [9.17, 15) is 19.7 Å². The van der Waals surface area contributed by atoms with Crippen LogP contribution in [0.2, 0.25) is 0 Å². The number of imide groups is 1. The molecule has 2 amide bonds. The third-order valence-electron chi connectivity index (χ3n) is 7.03. The second-order valence-corrected chi connectivity index (χ2v) is 8.46. The van der Waals surface area contributed by atoms with Crippen molar-refractivity contribution in [3.8, 4) is 0 Å². The predicted octanol–water partition coefficient (Wildman–Crippen LogP) is 4.59. The van der Waals surface area contributed by atoms with Crippen LogP contribution in [0, 0.1) is 33.8 Å². The molecule has 0 N–H and O–H groups in total. The van der Waals surface area contributed by atoms with E-state index in [1.807, 2.05) is 30.3 Å². The third-order valence-corrected chi connectivity index (χ3v) is 7.03. The number of carbonyl (C=O) groups is 2. The van der Waals surface area contributed by atoms with E-state index >= 15 is 0 Å². The molecule has 2 bridgehead atoms. The molecule has 1 saturated carbocycles. The van der Waals surface area contributed by atoms with E-state index < -0.39 is 4.92 Å². The Kier molecular flexibility index (Phi) is 3.69. The van der Waals surface area contributed by atoms with Gasteiger partial charge >= 0.3 is 0 Å². The van der Waals surface area contributed by atoms with Gasteiger partial charge in [0.1, 0.15) is 0 Å². The molecule has 1 aliphatic heterocycles. The number of allylic oxidation sites excluding steroid dienone is 2. The molecule has 0 aromatic heterocycles. The van der Waals surface area contributed by atoms with Gasteiger partial charge in [0.25, 0.3) is 5.69 Å². The number of nitro benzene ring substituents is 1. The number of nitrogens with zero attached hydrogens (tertiary/aromatic N) is 2. The van der Waals surface area contributed by atoms with Crippen molar-refractivity contribution in [1.82, 2.24) is 0 Å². The molecule has 1 saturated heterocycles. The Labute approximate surface area is 177 Å². The van der Waals surface area contributed by atoms with Crippen LogP contribution >= 0.6 is 0 Å². The zero-order valence-electron chi connectivity index (χ0n) is 16.5. The van der Waals surface area contributed by atoms with Gasteiger partial charge in [-0.05, 0) is 41.5 Å². The van der Waals surface area contributed by atoms with Crippen molar-refractivity contribution in [2.75, 3.05) is 4.90 Å². The highest BCUT2D eigenvalue weighted by Gasteiger charge is 2.61. The molecule has 2 aliphatic carbocycles. The van der Waals surface area contributed by atoms with E-state index in [0.29, 0.717) is 16.5 Å². The van der Waals surface area contributed by atoms with E-state index in [-0.39, 0.29) is 41.2 Å². The van der Waals surface area contributed by atoms with Gasteiger partial charge in [-0.1, -0.05) is 54.6 Å². The number of anilines is 1. The highest BCUT2D eigenvalue weighted by molar-refractivity contribution is 6.26. The minimum atomic E-state index is -0.440. The van der Waals surface area contributed by atoms with Crippen molar-refractivity contribution < 1.29 is 14.5 Å². The van der Waals surface area contributed by atoms with E-state index in [0.717, 1.165) is 17.6 Å². The fourth-order valence-electron chi connectivity index (χ4n) is 5.82. The van der Waals surface area contributed by atoms with Gasteiger partial charge in [-0.25, -0.2) is 4.90 Å². The molecule has 0 spiro atoms. The van der Waals surface area contributed by atoms with Crippen LogP contribution < -0.4 is 4.90 Å². The Bertz CT molecular complexity index is 1310. The number of amides is 2. The van der Waals surface area contributed by atoms with Crippen molar-refractivity contribution in [2.45, 2.75) is 6.42 Å². The SMILES string of the molecule is O=C1C2C3C=C(c4ccccc4)C(C3)C2C(=O)N1c1ccc([N+](=O)[O-])c2ccccc12. The fourth-order valence-corrected chi connectivity index (χ4v) is 5.82. The molecule has 2 fully saturated rings. The summed E-state index contributed by atoms with van der Waals surface area (Å²) in [4.78, 5) is 39.3. The summed E-state index contributed by atoms with van der Waals surface area (Å²) < 4.78 is 0. The lowest BCUT2D eigenvalue weighted by Crippen LogP contribution is -2.33. The molecule has 0 radical (unpaired) electrons. The maximum atomic E-state index is 13.6. The summed E-state index contributed by atoms with van der Waals surface area (Å²) in [6.07, 6.45) is 3.00. The molecule has 152 valence electrons. The van der Waals surface area contributed by atoms with Crippen LogP contribution in [0.1, 0.15) is 12.0 Å². The Morgan fingerprint density at radius 2 is 1.52 bits per heavy atom. The zero-order valence-corrected chi connectivity index (χ0v) is 16.5. The van der Waals surface area contributed by atoms with Crippen LogP contribution in [-0.2, 0) is 9.59 Å². The molecule has 31 heavy (non-hydrogen) atoms. The molecule has 4 atom stereocenters. The normalized spacial score (nSPS) is 26.5. The third kappa shape index (κ3) is 2.39. The van der Waals surface area contributed by atoms with Crippen molar-refractivity contribution in [1.29, 1.82) is 0 Å². The van der Waals surface area contributed by atoms with Crippen LogP contribution in [0.4, 0.5) is 11.4 Å². The number of benzene rings is 3. The molecule has 6 heteroatoms. The summed E-state index contributed by atoms with van der Waals surface area (Å²) in [5.41, 5.74) is 2.66. The number of hydrogen-bond donors (Lipinski definition) is 0. The number of rotatable bonds is 3. The molecule has 6 rings (SSSR count). The molecule has 3 aromatic carbocycles. The van der Waals surface area contributed by atoms with Crippen molar-refractivity contribution in [2.24, 2.45) is 23.7 Å². The van der Waals surface area contributed by atoms with Gasteiger partial charge in [0.2, 0.25) is 11.8 Å². The average molecular weight is 410 g/mol. The predicted molar refractivity (Wildman–Crippen MR) is 116 cm³/mol. The lowest BCUT2D eigenvalue weighted by atomic mass is 9.79. The van der Waals surface area contributed by atoms with Crippen molar-refractivity contribution in [3.63, 3.8) is 0 Å². The average Bonchev–Trinajstić information content (AvgIpc) is 3.45. The number of carbonyl (C=O) groups excluding carboxylic acids is 2. The van der Waals surface area contributed by atoms with Crippen LogP contribution in [0.25, 0.3) is 16.3 Å². The van der Waals surface area contributed by atoms with Gasteiger partial charge in [0.05, 0.1) is 27.8 Å². The zero-order chi connectivity index (χ0) is 21.3. The Hall–Kier alpha value is -3.80. The van der Waals surface area contributed by atoms with Crippen LogP contribution in [-0.4, -0.2) is 16.7 Å². The number of fused-ring (bicyclic) bond motifs is 6. The summed E-state index contributed by atoms with van der Waals surface area (Å²) in [5.74, 6) is -1.02.